The molecule has 6 nitrogen and oxygen atoms in total. The highest BCUT2D eigenvalue weighted by Gasteiger charge is 2.21. The van der Waals surface area contributed by atoms with Crippen LogP contribution in [0.5, 0.6) is 5.75 Å². The van der Waals surface area contributed by atoms with E-state index in [9.17, 15) is 15.2 Å². The minimum Gasteiger partial charge on any atom is -0.506 e. The van der Waals surface area contributed by atoms with E-state index in [2.05, 4.69) is 5.16 Å². The third-order valence-corrected chi connectivity index (χ3v) is 2.74. The monoisotopic (exact) mass is 280 g/mol. The van der Waals surface area contributed by atoms with Crippen LogP contribution in [0.1, 0.15) is 17.0 Å². The fourth-order valence-corrected chi connectivity index (χ4v) is 1.70. The molecule has 1 heterocycles. The summed E-state index contributed by atoms with van der Waals surface area (Å²) in [7, 11) is 0. The van der Waals surface area contributed by atoms with Crippen molar-refractivity contribution >= 4 is 29.4 Å². The smallest absolute Gasteiger partial charge is 0.338 e. The molecule has 0 aliphatic rings. The van der Waals surface area contributed by atoms with Gasteiger partial charge in [-0.05, 0) is 30.7 Å². The van der Waals surface area contributed by atoms with Crippen LogP contribution in [0, 0.1) is 17.0 Å². The number of benzene rings is 1. The number of rotatable bonds is 3. The van der Waals surface area contributed by atoms with Gasteiger partial charge in [-0.15, -0.1) is 0 Å². The summed E-state index contributed by atoms with van der Waals surface area (Å²) >= 11 is 5.75. The van der Waals surface area contributed by atoms with Gasteiger partial charge in [0.15, 0.2) is 5.69 Å². The van der Waals surface area contributed by atoms with Gasteiger partial charge in [-0.25, -0.2) is 0 Å². The van der Waals surface area contributed by atoms with E-state index in [1.54, 1.807) is 12.1 Å². The van der Waals surface area contributed by atoms with E-state index in [1.165, 1.54) is 25.1 Å². The van der Waals surface area contributed by atoms with Gasteiger partial charge in [-0.1, -0.05) is 28.9 Å². The summed E-state index contributed by atoms with van der Waals surface area (Å²) in [5, 5.41) is 23.9. The molecule has 1 aromatic carbocycles. The van der Waals surface area contributed by atoms with Gasteiger partial charge in [-0.3, -0.25) is 10.1 Å². The minimum atomic E-state index is -0.546. The molecular formula is C12H9ClN2O4. The number of aryl methyl sites for hydroxylation is 1. The van der Waals surface area contributed by atoms with Gasteiger partial charge >= 0.3 is 5.69 Å². The number of hydrogen-bond donors (Lipinski definition) is 1. The molecule has 7 heteroatoms. The first kappa shape index (κ1) is 13.1. The van der Waals surface area contributed by atoms with Crippen molar-refractivity contribution in [2.75, 3.05) is 0 Å². The maximum Gasteiger partial charge on any atom is 0.338 e. The van der Waals surface area contributed by atoms with Gasteiger partial charge in [0.2, 0.25) is 5.76 Å². The molecule has 0 unspecified atom stereocenters. The minimum absolute atomic E-state index is 0.0275. The zero-order valence-corrected chi connectivity index (χ0v) is 10.6. The molecule has 0 amide bonds. The zero-order valence-electron chi connectivity index (χ0n) is 9.83. The van der Waals surface area contributed by atoms with Gasteiger partial charge in [0.25, 0.3) is 0 Å². The SMILES string of the molecule is Cc1noc(/C=C\c2ccc(O)c(Cl)c2)c1[N+](=O)[O-]. The van der Waals surface area contributed by atoms with E-state index >= 15 is 0 Å². The van der Waals surface area contributed by atoms with Crippen molar-refractivity contribution in [2.24, 2.45) is 0 Å². The molecule has 0 radical (unpaired) electrons. The van der Waals surface area contributed by atoms with E-state index in [1.807, 2.05) is 0 Å². The highest BCUT2D eigenvalue weighted by molar-refractivity contribution is 6.32. The Kier molecular flexibility index (Phi) is 3.52. The zero-order chi connectivity index (χ0) is 14.0. The van der Waals surface area contributed by atoms with Crippen LogP contribution in [0.25, 0.3) is 12.2 Å². The summed E-state index contributed by atoms with van der Waals surface area (Å²) in [4.78, 5) is 10.3. The Morgan fingerprint density at radius 3 is 2.84 bits per heavy atom. The van der Waals surface area contributed by atoms with Crippen molar-refractivity contribution in [3.63, 3.8) is 0 Å². The molecule has 98 valence electrons. The van der Waals surface area contributed by atoms with Crippen LogP contribution in [0.4, 0.5) is 5.69 Å². The van der Waals surface area contributed by atoms with E-state index in [0.717, 1.165) is 0 Å². The number of halogens is 1. The first-order valence-electron chi connectivity index (χ1n) is 5.26. The number of nitro groups is 1. The summed E-state index contributed by atoms with van der Waals surface area (Å²) in [5.41, 5.74) is 0.723. The third kappa shape index (κ3) is 2.74. The summed E-state index contributed by atoms with van der Waals surface area (Å²) < 4.78 is 4.87. The second-order valence-electron chi connectivity index (χ2n) is 3.78. The molecule has 1 N–H and O–H groups in total. The molecule has 0 saturated carbocycles. The average Bonchev–Trinajstić information content (AvgIpc) is 2.72. The summed E-state index contributed by atoms with van der Waals surface area (Å²) in [6.45, 7) is 1.50. The number of aromatic hydroxyl groups is 1. The number of phenolic OH excluding ortho intramolecular Hbond substituents is 1. The topological polar surface area (TPSA) is 89.4 Å². The molecule has 0 aliphatic heterocycles. The Balaban J connectivity index is 2.32. The Morgan fingerprint density at radius 1 is 1.47 bits per heavy atom. The molecule has 19 heavy (non-hydrogen) atoms. The molecule has 0 aliphatic carbocycles. The van der Waals surface area contributed by atoms with Crippen molar-refractivity contribution in [3.8, 4) is 5.75 Å². The van der Waals surface area contributed by atoms with Crippen molar-refractivity contribution < 1.29 is 14.6 Å². The number of hydrogen-bond acceptors (Lipinski definition) is 5. The second kappa shape index (κ2) is 5.11. The normalized spacial score (nSPS) is 11.1. The fraction of sp³-hybridized carbons (Fsp3) is 0.0833. The predicted molar refractivity (Wildman–Crippen MR) is 69.9 cm³/mol. The van der Waals surface area contributed by atoms with E-state index in [-0.39, 0.29) is 27.9 Å². The number of aromatic nitrogens is 1. The Morgan fingerprint density at radius 2 is 2.21 bits per heavy atom. The van der Waals surface area contributed by atoms with Crippen molar-refractivity contribution in [3.05, 3.63) is 50.4 Å². The highest BCUT2D eigenvalue weighted by atomic mass is 35.5. The summed E-state index contributed by atoms with van der Waals surface area (Å²) in [6.07, 6.45) is 3.01. The molecule has 0 saturated heterocycles. The molecule has 0 fully saturated rings. The van der Waals surface area contributed by atoms with Gasteiger partial charge in [0.05, 0.1) is 9.95 Å². The summed E-state index contributed by atoms with van der Waals surface area (Å²) in [5.74, 6) is 0.0343. The third-order valence-electron chi connectivity index (χ3n) is 2.44. The molecule has 2 rings (SSSR count). The van der Waals surface area contributed by atoms with Gasteiger partial charge < -0.3 is 9.63 Å². The lowest BCUT2D eigenvalue weighted by Crippen LogP contribution is -1.90. The van der Waals surface area contributed by atoms with Crippen LogP contribution in [0.15, 0.2) is 22.7 Å². The van der Waals surface area contributed by atoms with Gasteiger partial charge in [0, 0.05) is 0 Å². The van der Waals surface area contributed by atoms with E-state index in [0.29, 0.717) is 5.56 Å². The molecule has 2 aromatic rings. The number of nitrogens with zero attached hydrogens (tertiary/aromatic N) is 2. The molecule has 1 aromatic heterocycles. The fourth-order valence-electron chi connectivity index (χ4n) is 1.51. The van der Waals surface area contributed by atoms with Crippen LogP contribution >= 0.6 is 11.6 Å². The number of phenols is 1. The van der Waals surface area contributed by atoms with Gasteiger partial charge in [0.1, 0.15) is 5.75 Å². The van der Waals surface area contributed by atoms with E-state index < -0.39 is 4.92 Å². The van der Waals surface area contributed by atoms with Crippen LogP contribution in [0.2, 0.25) is 5.02 Å². The largest absolute Gasteiger partial charge is 0.506 e. The average molecular weight is 281 g/mol. The Labute approximate surface area is 113 Å². The lowest BCUT2D eigenvalue weighted by atomic mass is 10.2. The highest BCUT2D eigenvalue weighted by Crippen LogP contribution is 2.27. The van der Waals surface area contributed by atoms with Crippen molar-refractivity contribution in [1.29, 1.82) is 0 Å². The lowest BCUT2D eigenvalue weighted by molar-refractivity contribution is -0.386. The maximum absolute atomic E-state index is 10.8. The predicted octanol–water partition coefficient (Wildman–Crippen LogP) is 3.42. The molecule has 0 bridgehead atoms. The lowest BCUT2D eigenvalue weighted by Gasteiger charge is -1.97. The van der Waals surface area contributed by atoms with Crippen LogP contribution in [0.3, 0.4) is 0 Å². The first-order chi connectivity index (χ1) is 8.99. The molecule has 0 atom stereocenters. The first-order valence-corrected chi connectivity index (χ1v) is 5.64. The standard InChI is InChI=1S/C12H9ClN2O4/c1-7-12(15(17)18)11(19-14-7)5-3-8-2-4-10(16)9(13)6-8/h2-6,16H,1H3/b5-3-. The molecular weight excluding hydrogens is 272 g/mol. The van der Waals surface area contributed by atoms with Crippen LogP contribution in [-0.2, 0) is 0 Å². The maximum atomic E-state index is 10.8. The Hall–Kier alpha value is -2.34. The molecule has 0 spiro atoms. The van der Waals surface area contributed by atoms with Gasteiger partial charge in [-0.2, -0.15) is 0 Å². The van der Waals surface area contributed by atoms with Crippen LogP contribution in [-0.4, -0.2) is 15.2 Å². The quantitative estimate of drug-likeness (QED) is 0.687. The van der Waals surface area contributed by atoms with Crippen molar-refractivity contribution in [1.82, 2.24) is 5.16 Å². The Bertz CT molecular complexity index is 664. The second-order valence-corrected chi connectivity index (χ2v) is 4.19. The van der Waals surface area contributed by atoms with Crippen molar-refractivity contribution in [2.45, 2.75) is 6.92 Å². The van der Waals surface area contributed by atoms with E-state index in [4.69, 9.17) is 16.1 Å². The van der Waals surface area contributed by atoms with Crippen LogP contribution < -0.4 is 0 Å². The summed E-state index contributed by atoms with van der Waals surface area (Å²) in [6, 6.07) is 4.58.